The van der Waals surface area contributed by atoms with Gasteiger partial charge >= 0.3 is 0 Å². The standard InChI is InChI=1S/C30H52O4/c1-18(9-8-13-25(2,3)34)19-12-14-28(7)21-11-10-20-26(4,5)23(32)22(31)24(33)30(20)17-29(21,30)16-15-27(19,28)6/h18-24,31-34H,8-17H2,1-7H3/t18-,19-,20+,21+,22+,23+,24+,27-,28+,29+,30-/m1/s1. The molecule has 4 nitrogen and oxygen atoms in total. The van der Waals surface area contributed by atoms with Crippen molar-refractivity contribution in [2.45, 2.75) is 137 Å². The molecule has 11 atom stereocenters. The molecule has 0 saturated heterocycles. The lowest BCUT2D eigenvalue weighted by atomic mass is 9.41. The third-order valence-corrected chi connectivity index (χ3v) is 13.4. The van der Waals surface area contributed by atoms with Gasteiger partial charge in [-0.15, -0.1) is 0 Å². The van der Waals surface area contributed by atoms with Crippen LogP contribution in [0.15, 0.2) is 0 Å². The molecular weight excluding hydrogens is 424 g/mol. The SMILES string of the molecule is C[C@H](CCCC(C)(C)O)[C@H]1CC[C@@]2(C)[C@@H]3CC[C@H]4C(C)(C)[C@@H](O)[C@H](O)[C@H](O)[C@@]45C[C@@]35CC[C@]12C. The first-order valence-corrected chi connectivity index (χ1v) is 14.4. The number of fused-ring (bicyclic) bond motifs is 2. The zero-order chi connectivity index (χ0) is 25.1. The molecule has 5 saturated carbocycles. The minimum atomic E-state index is -1.03. The highest BCUT2D eigenvalue weighted by atomic mass is 16.4. The molecule has 5 rings (SSSR count). The van der Waals surface area contributed by atoms with Gasteiger partial charge in [0, 0.05) is 5.41 Å². The smallest absolute Gasteiger partial charge is 0.107 e. The van der Waals surface area contributed by atoms with Crippen molar-refractivity contribution in [1.82, 2.24) is 0 Å². The third-order valence-electron chi connectivity index (χ3n) is 13.4. The molecule has 0 bridgehead atoms. The van der Waals surface area contributed by atoms with Crippen molar-refractivity contribution in [2.75, 3.05) is 0 Å². The molecule has 5 fully saturated rings. The van der Waals surface area contributed by atoms with Crippen LogP contribution >= 0.6 is 0 Å². The van der Waals surface area contributed by atoms with Gasteiger partial charge in [0.2, 0.25) is 0 Å². The summed E-state index contributed by atoms with van der Waals surface area (Å²) in [5.74, 6) is 2.29. The Balaban J connectivity index is 1.41. The van der Waals surface area contributed by atoms with Crippen LogP contribution in [-0.2, 0) is 0 Å². The second-order valence-electron chi connectivity index (χ2n) is 15.4. The summed E-state index contributed by atoms with van der Waals surface area (Å²) in [6.07, 6.45) is 8.77. The fraction of sp³-hybridized carbons (Fsp3) is 1.00. The molecule has 5 aliphatic carbocycles. The van der Waals surface area contributed by atoms with E-state index in [1.807, 2.05) is 13.8 Å². The molecule has 4 N–H and O–H groups in total. The van der Waals surface area contributed by atoms with Gasteiger partial charge in [0.15, 0.2) is 0 Å². The molecule has 0 aromatic carbocycles. The van der Waals surface area contributed by atoms with Gasteiger partial charge in [0.1, 0.15) is 6.10 Å². The lowest BCUT2D eigenvalue weighted by Gasteiger charge is -2.64. The Kier molecular flexibility index (Phi) is 5.59. The first kappa shape index (κ1) is 25.5. The van der Waals surface area contributed by atoms with E-state index in [4.69, 9.17) is 0 Å². The maximum absolute atomic E-state index is 11.5. The van der Waals surface area contributed by atoms with E-state index in [0.717, 1.165) is 31.6 Å². The summed E-state index contributed by atoms with van der Waals surface area (Å²) in [6, 6.07) is 0. The predicted molar refractivity (Wildman–Crippen MR) is 135 cm³/mol. The summed E-state index contributed by atoms with van der Waals surface area (Å²) in [5, 5.41) is 43.5. The van der Waals surface area contributed by atoms with Crippen LogP contribution < -0.4 is 0 Å². The molecule has 0 radical (unpaired) electrons. The van der Waals surface area contributed by atoms with Gasteiger partial charge in [0.05, 0.1) is 17.8 Å². The first-order valence-electron chi connectivity index (χ1n) is 14.4. The number of rotatable bonds is 5. The maximum atomic E-state index is 11.5. The molecule has 4 heteroatoms. The lowest BCUT2D eigenvalue weighted by molar-refractivity contribution is -0.236. The Morgan fingerprint density at radius 1 is 0.853 bits per heavy atom. The Morgan fingerprint density at radius 2 is 1.50 bits per heavy atom. The van der Waals surface area contributed by atoms with E-state index in [0.29, 0.717) is 17.3 Å². The van der Waals surface area contributed by atoms with E-state index in [2.05, 4.69) is 34.6 Å². The van der Waals surface area contributed by atoms with Gasteiger partial charge in [-0.3, -0.25) is 0 Å². The minimum absolute atomic E-state index is 0.140. The van der Waals surface area contributed by atoms with Crippen LogP contribution in [0.2, 0.25) is 0 Å². The number of hydrogen-bond acceptors (Lipinski definition) is 4. The highest BCUT2D eigenvalue weighted by Crippen LogP contribution is 2.89. The van der Waals surface area contributed by atoms with Gasteiger partial charge in [-0.2, -0.15) is 0 Å². The molecule has 2 spiro atoms. The zero-order valence-corrected chi connectivity index (χ0v) is 22.9. The van der Waals surface area contributed by atoms with Crippen LogP contribution in [0.5, 0.6) is 0 Å². The zero-order valence-electron chi connectivity index (χ0n) is 22.9. The van der Waals surface area contributed by atoms with E-state index in [9.17, 15) is 20.4 Å². The van der Waals surface area contributed by atoms with Crippen molar-refractivity contribution in [3.05, 3.63) is 0 Å². The van der Waals surface area contributed by atoms with Gasteiger partial charge in [-0.05, 0) is 111 Å². The summed E-state index contributed by atoms with van der Waals surface area (Å²) in [6.45, 7) is 15.7. The van der Waals surface area contributed by atoms with Gasteiger partial charge < -0.3 is 20.4 Å². The number of aliphatic hydroxyl groups excluding tert-OH is 3. The topological polar surface area (TPSA) is 80.9 Å². The van der Waals surface area contributed by atoms with Crippen molar-refractivity contribution in [1.29, 1.82) is 0 Å². The fourth-order valence-corrected chi connectivity index (χ4v) is 11.4. The lowest BCUT2D eigenvalue weighted by Crippen LogP contribution is -2.65. The molecule has 196 valence electrons. The van der Waals surface area contributed by atoms with Crippen LogP contribution in [0.1, 0.15) is 113 Å². The molecule has 0 heterocycles. The van der Waals surface area contributed by atoms with Crippen LogP contribution in [0.3, 0.4) is 0 Å². The largest absolute Gasteiger partial charge is 0.390 e. The monoisotopic (exact) mass is 476 g/mol. The molecule has 0 aromatic rings. The van der Waals surface area contributed by atoms with Crippen LogP contribution in [0.4, 0.5) is 0 Å². The average Bonchev–Trinajstić information content (AvgIpc) is 3.35. The normalized spacial score (nSPS) is 54.4. The Hall–Kier alpha value is -0.160. The molecule has 0 unspecified atom stereocenters. The van der Waals surface area contributed by atoms with Crippen molar-refractivity contribution in [2.24, 2.45) is 50.7 Å². The van der Waals surface area contributed by atoms with Crippen molar-refractivity contribution in [3.63, 3.8) is 0 Å². The van der Waals surface area contributed by atoms with Crippen LogP contribution in [0, 0.1) is 50.7 Å². The summed E-state index contributed by atoms with van der Waals surface area (Å²) < 4.78 is 0. The van der Waals surface area contributed by atoms with Crippen LogP contribution in [0.25, 0.3) is 0 Å². The number of hydrogen-bond donors (Lipinski definition) is 4. The Bertz CT molecular complexity index is 817. The van der Waals surface area contributed by atoms with E-state index in [1.165, 1.54) is 38.5 Å². The maximum Gasteiger partial charge on any atom is 0.107 e. The molecule has 5 aliphatic rings. The minimum Gasteiger partial charge on any atom is -0.390 e. The van der Waals surface area contributed by atoms with E-state index in [1.54, 1.807) is 0 Å². The summed E-state index contributed by atoms with van der Waals surface area (Å²) in [5.41, 5.74) is -0.404. The van der Waals surface area contributed by atoms with Crippen molar-refractivity contribution < 1.29 is 20.4 Å². The van der Waals surface area contributed by atoms with Crippen molar-refractivity contribution >= 4 is 0 Å². The van der Waals surface area contributed by atoms with Crippen molar-refractivity contribution in [3.8, 4) is 0 Å². The molecule has 34 heavy (non-hydrogen) atoms. The second kappa shape index (κ2) is 7.45. The average molecular weight is 477 g/mol. The number of aliphatic hydroxyl groups is 4. The fourth-order valence-electron chi connectivity index (χ4n) is 11.4. The first-order chi connectivity index (χ1) is 15.6. The van der Waals surface area contributed by atoms with Crippen LogP contribution in [-0.4, -0.2) is 44.3 Å². The van der Waals surface area contributed by atoms with Gasteiger partial charge in [-0.1, -0.05) is 47.5 Å². The Morgan fingerprint density at radius 3 is 2.15 bits per heavy atom. The van der Waals surface area contributed by atoms with E-state index < -0.39 is 23.9 Å². The Labute approximate surface area is 207 Å². The summed E-state index contributed by atoms with van der Waals surface area (Å²) in [7, 11) is 0. The van der Waals surface area contributed by atoms with Gasteiger partial charge in [0.25, 0.3) is 0 Å². The quantitative estimate of drug-likeness (QED) is 0.434. The molecule has 0 amide bonds. The van der Waals surface area contributed by atoms with E-state index in [-0.39, 0.29) is 27.6 Å². The summed E-state index contributed by atoms with van der Waals surface area (Å²) >= 11 is 0. The predicted octanol–water partition coefficient (Wildman–Crippen LogP) is 5.31. The molecular formula is C30H52O4. The molecule has 0 aliphatic heterocycles. The van der Waals surface area contributed by atoms with E-state index >= 15 is 0 Å². The highest BCUT2D eigenvalue weighted by molar-refractivity contribution is 5.33. The highest BCUT2D eigenvalue weighted by Gasteiger charge is 2.85. The second-order valence-corrected chi connectivity index (χ2v) is 15.4. The third kappa shape index (κ3) is 2.98. The summed E-state index contributed by atoms with van der Waals surface area (Å²) in [4.78, 5) is 0. The molecule has 0 aromatic heterocycles. The van der Waals surface area contributed by atoms with Gasteiger partial charge in [-0.25, -0.2) is 0 Å².